The Bertz CT molecular complexity index is 1930. The first-order valence-corrected chi connectivity index (χ1v) is 16.4. The maximum atomic E-state index is 14.6. The normalized spacial score (nSPS) is 19.4. The number of carbonyl (C=O) groups is 2. The Morgan fingerprint density at radius 3 is 2.02 bits per heavy atom. The van der Waals surface area contributed by atoms with Crippen LogP contribution in [0.5, 0.6) is 5.75 Å². The summed E-state index contributed by atoms with van der Waals surface area (Å²) in [6.45, 7) is 6.74. The molecule has 0 unspecified atom stereocenters. The number of amides is 1. The van der Waals surface area contributed by atoms with Crippen molar-refractivity contribution in [1.82, 2.24) is 4.90 Å². The van der Waals surface area contributed by atoms with E-state index in [4.69, 9.17) is 14.2 Å². The van der Waals surface area contributed by atoms with Gasteiger partial charge in [-0.25, -0.2) is 9.59 Å². The maximum Gasteiger partial charge on any atom is 0.417 e. The van der Waals surface area contributed by atoms with E-state index < -0.39 is 65.0 Å². The molecule has 0 bridgehead atoms. The maximum absolute atomic E-state index is 14.6. The van der Waals surface area contributed by atoms with Crippen molar-refractivity contribution in [2.45, 2.75) is 77.6 Å². The van der Waals surface area contributed by atoms with E-state index >= 15 is 0 Å². The topological polar surface area (TPSA) is 65.1 Å². The largest absolute Gasteiger partial charge is 0.496 e. The van der Waals surface area contributed by atoms with Crippen LogP contribution in [0.4, 0.5) is 44.3 Å². The molecule has 5 rings (SSSR count). The van der Waals surface area contributed by atoms with Crippen molar-refractivity contribution >= 4 is 17.6 Å². The first-order valence-electron chi connectivity index (χ1n) is 16.4. The predicted octanol–water partition coefficient (Wildman–Crippen LogP) is 11.1. The number of cyclic esters (lactones) is 1. The zero-order valence-electron chi connectivity index (χ0n) is 29.5. The molecular formula is C38H36F9NO5. The predicted molar refractivity (Wildman–Crippen MR) is 176 cm³/mol. The minimum absolute atomic E-state index is 0.00933. The second kappa shape index (κ2) is 13.9. The molecule has 1 saturated heterocycles. The lowest BCUT2D eigenvalue weighted by Gasteiger charge is -2.36. The molecule has 53 heavy (non-hydrogen) atoms. The van der Waals surface area contributed by atoms with Crippen LogP contribution < -0.4 is 4.74 Å². The van der Waals surface area contributed by atoms with Crippen LogP contribution >= 0.6 is 0 Å². The monoisotopic (exact) mass is 757 g/mol. The fraction of sp³-hybridized carbons (Fsp3) is 0.421. The SMILES string of the molecule is COC(=O)c1ccc(-c2cc(C3=C(CN4C(=O)O[C@H](c5cc(C(F)(F)F)cc(C(F)(F)F)c5)[C@@H]4C)CC(C)(C)CC3)c(OC)cc2C(F)(F)F)c(C)c1. The van der Waals surface area contributed by atoms with Gasteiger partial charge in [-0.1, -0.05) is 19.9 Å². The number of allylic oxidation sites excluding steroid dienone is 1. The molecule has 1 heterocycles. The smallest absolute Gasteiger partial charge is 0.417 e. The van der Waals surface area contributed by atoms with Gasteiger partial charge in [0.15, 0.2) is 0 Å². The Morgan fingerprint density at radius 2 is 1.49 bits per heavy atom. The van der Waals surface area contributed by atoms with E-state index in [1.54, 1.807) is 6.92 Å². The number of carbonyl (C=O) groups excluding carboxylic acids is 2. The minimum Gasteiger partial charge on any atom is -0.496 e. The molecule has 0 aromatic heterocycles. The number of hydrogen-bond acceptors (Lipinski definition) is 5. The van der Waals surface area contributed by atoms with E-state index in [0.29, 0.717) is 53.7 Å². The van der Waals surface area contributed by atoms with E-state index in [1.165, 1.54) is 50.3 Å². The van der Waals surface area contributed by atoms with Crippen LogP contribution in [0.25, 0.3) is 16.7 Å². The van der Waals surface area contributed by atoms with Gasteiger partial charge in [0.2, 0.25) is 0 Å². The van der Waals surface area contributed by atoms with Crippen molar-refractivity contribution < 1.29 is 63.3 Å². The molecule has 0 spiro atoms. The summed E-state index contributed by atoms with van der Waals surface area (Å²) < 4.78 is 141. The van der Waals surface area contributed by atoms with Crippen LogP contribution in [0.3, 0.4) is 0 Å². The molecule has 0 N–H and O–H groups in total. The van der Waals surface area contributed by atoms with E-state index in [1.807, 2.05) is 13.8 Å². The van der Waals surface area contributed by atoms with Gasteiger partial charge < -0.3 is 14.2 Å². The first kappa shape index (κ1) is 39.5. The van der Waals surface area contributed by atoms with Crippen LogP contribution in [0, 0.1) is 12.3 Å². The van der Waals surface area contributed by atoms with Gasteiger partial charge in [-0.05, 0) is 114 Å². The quantitative estimate of drug-likeness (QED) is 0.177. The van der Waals surface area contributed by atoms with E-state index in [0.717, 1.165) is 6.07 Å². The molecule has 0 radical (unpaired) electrons. The molecule has 1 fully saturated rings. The highest BCUT2D eigenvalue weighted by atomic mass is 19.4. The lowest BCUT2D eigenvalue weighted by molar-refractivity contribution is -0.143. The number of aryl methyl sites for hydroxylation is 1. The Morgan fingerprint density at radius 1 is 0.868 bits per heavy atom. The van der Waals surface area contributed by atoms with Crippen LogP contribution in [-0.2, 0) is 28.0 Å². The highest BCUT2D eigenvalue weighted by Crippen LogP contribution is 2.49. The van der Waals surface area contributed by atoms with E-state index in [9.17, 15) is 49.1 Å². The van der Waals surface area contributed by atoms with Gasteiger partial charge in [0.1, 0.15) is 11.9 Å². The number of hydrogen-bond donors (Lipinski definition) is 0. The minimum atomic E-state index is -5.11. The summed E-state index contributed by atoms with van der Waals surface area (Å²) in [5, 5.41) is 0. The first-order chi connectivity index (χ1) is 24.4. The Balaban J connectivity index is 1.63. The Hall–Kier alpha value is -4.69. The summed E-state index contributed by atoms with van der Waals surface area (Å²) in [4.78, 5) is 26.6. The summed E-state index contributed by atoms with van der Waals surface area (Å²) in [7, 11) is 2.40. The molecule has 2 aliphatic rings. The molecule has 0 saturated carbocycles. The van der Waals surface area contributed by atoms with Gasteiger partial charge in [-0.3, -0.25) is 4.90 Å². The summed E-state index contributed by atoms with van der Waals surface area (Å²) in [5.41, 5.74) is -2.97. The van der Waals surface area contributed by atoms with E-state index in [-0.39, 0.29) is 40.5 Å². The van der Waals surface area contributed by atoms with Crippen LogP contribution in [-0.4, -0.2) is 43.8 Å². The molecule has 3 aromatic carbocycles. The average molecular weight is 758 g/mol. The average Bonchev–Trinajstić information content (AvgIpc) is 3.34. The number of benzene rings is 3. The van der Waals surface area contributed by atoms with Crippen LogP contribution in [0.2, 0.25) is 0 Å². The van der Waals surface area contributed by atoms with Crippen LogP contribution in [0.1, 0.15) is 89.9 Å². The van der Waals surface area contributed by atoms with Gasteiger partial charge in [0.05, 0.1) is 42.5 Å². The fourth-order valence-electron chi connectivity index (χ4n) is 7.05. The third-order valence-electron chi connectivity index (χ3n) is 9.77. The summed E-state index contributed by atoms with van der Waals surface area (Å²) >= 11 is 0. The number of esters is 1. The Kier molecular flexibility index (Phi) is 10.4. The fourth-order valence-corrected chi connectivity index (χ4v) is 7.05. The summed E-state index contributed by atoms with van der Waals surface area (Å²) in [5.74, 6) is -0.771. The molecular weight excluding hydrogens is 721 g/mol. The van der Waals surface area contributed by atoms with Crippen molar-refractivity contribution in [1.29, 1.82) is 0 Å². The number of methoxy groups -OCH3 is 2. The van der Waals surface area contributed by atoms with Gasteiger partial charge in [0.25, 0.3) is 0 Å². The number of alkyl halides is 9. The van der Waals surface area contributed by atoms with Gasteiger partial charge in [-0.2, -0.15) is 39.5 Å². The summed E-state index contributed by atoms with van der Waals surface area (Å²) in [6.07, 6.45) is -16.2. The van der Waals surface area contributed by atoms with Gasteiger partial charge in [0, 0.05) is 12.1 Å². The van der Waals surface area contributed by atoms with Gasteiger partial charge >= 0.3 is 30.6 Å². The third kappa shape index (κ3) is 8.13. The highest BCUT2D eigenvalue weighted by Gasteiger charge is 2.45. The second-order valence-corrected chi connectivity index (χ2v) is 14.1. The molecule has 286 valence electrons. The van der Waals surface area contributed by atoms with Crippen molar-refractivity contribution in [3.05, 3.63) is 93.0 Å². The van der Waals surface area contributed by atoms with Crippen LogP contribution in [0.15, 0.2) is 54.1 Å². The van der Waals surface area contributed by atoms with Crippen molar-refractivity contribution in [3.63, 3.8) is 0 Å². The molecule has 1 amide bonds. The third-order valence-corrected chi connectivity index (χ3v) is 9.77. The molecule has 1 aliphatic heterocycles. The number of rotatable bonds is 7. The number of halogens is 9. The molecule has 1 aliphatic carbocycles. The Labute approximate surface area is 299 Å². The zero-order valence-corrected chi connectivity index (χ0v) is 29.5. The summed E-state index contributed by atoms with van der Waals surface area (Å²) in [6, 6.07) is 6.40. The van der Waals surface area contributed by atoms with Crippen molar-refractivity contribution in [2.24, 2.45) is 5.41 Å². The van der Waals surface area contributed by atoms with Crippen molar-refractivity contribution in [3.8, 4) is 16.9 Å². The lowest BCUT2D eigenvalue weighted by atomic mass is 9.72. The standard InChI is InChI=1S/C38H36F9NO5/c1-19-11-21(33(49)52-6)7-8-26(19)28-15-29(31(51-5)16-30(28)38(45,46)47)27-9-10-35(3,4)17-23(27)18-48-20(2)32(53-34(48)50)22-12-24(36(39,40)41)14-25(13-22)37(42,43)44/h7-8,11-16,20,32H,9-10,17-18H2,1-6H3/t20-,32-/m0/s1. The molecule has 6 nitrogen and oxygen atoms in total. The van der Waals surface area contributed by atoms with Gasteiger partial charge in [-0.15, -0.1) is 0 Å². The molecule has 2 atom stereocenters. The zero-order chi connectivity index (χ0) is 39.4. The molecule has 3 aromatic rings. The van der Waals surface area contributed by atoms with E-state index in [2.05, 4.69) is 0 Å². The molecule has 15 heteroatoms. The number of nitrogens with zero attached hydrogens (tertiary/aromatic N) is 1. The number of ether oxygens (including phenoxy) is 3. The highest BCUT2D eigenvalue weighted by molar-refractivity contribution is 5.91. The second-order valence-electron chi connectivity index (χ2n) is 14.1. The van der Waals surface area contributed by atoms with Crippen molar-refractivity contribution in [2.75, 3.05) is 20.8 Å². The lowest BCUT2D eigenvalue weighted by Crippen LogP contribution is -2.35.